The second-order valence-corrected chi connectivity index (χ2v) is 5.43. The number of benzene rings is 1. The zero-order valence-corrected chi connectivity index (χ0v) is 12.0. The van der Waals surface area contributed by atoms with Crippen molar-refractivity contribution in [1.82, 2.24) is 9.80 Å². The smallest absolute Gasteiger partial charge is 0.256 e. The Kier molecular flexibility index (Phi) is 3.67. The van der Waals surface area contributed by atoms with E-state index in [1.165, 1.54) is 0 Å². The molecule has 0 unspecified atom stereocenters. The van der Waals surface area contributed by atoms with Crippen molar-refractivity contribution in [1.29, 1.82) is 0 Å². The Morgan fingerprint density at radius 3 is 2.60 bits per heavy atom. The predicted molar refractivity (Wildman–Crippen MR) is 77.0 cm³/mol. The molecule has 108 valence electrons. The fourth-order valence-corrected chi connectivity index (χ4v) is 2.51. The largest absolute Gasteiger partial charge is 0.342 e. The summed E-state index contributed by atoms with van der Waals surface area (Å²) in [6.45, 7) is 4.57. The molecule has 0 atom stereocenters. The number of amides is 2. The topological polar surface area (TPSA) is 78.7 Å². The van der Waals surface area contributed by atoms with Crippen LogP contribution in [0.1, 0.15) is 24.2 Å². The van der Waals surface area contributed by atoms with E-state index < -0.39 is 5.54 Å². The van der Waals surface area contributed by atoms with E-state index in [-0.39, 0.29) is 11.8 Å². The van der Waals surface area contributed by atoms with E-state index in [9.17, 15) is 9.59 Å². The van der Waals surface area contributed by atoms with Gasteiger partial charge in [0, 0.05) is 20.1 Å². The number of para-hydroxylation sites is 1. The van der Waals surface area contributed by atoms with Gasteiger partial charge in [0.05, 0.1) is 11.3 Å². The first-order valence-electron chi connectivity index (χ1n) is 6.52. The maximum atomic E-state index is 12.7. The molecule has 1 aromatic rings. The van der Waals surface area contributed by atoms with Crippen LogP contribution in [0.2, 0.25) is 0 Å². The first-order chi connectivity index (χ1) is 9.39. The molecule has 1 aromatic carbocycles. The van der Waals surface area contributed by atoms with Crippen molar-refractivity contribution < 1.29 is 9.59 Å². The molecule has 2 rings (SSSR count). The number of nitrogens with zero attached hydrogens (tertiary/aromatic N) is 2. The summed E-state index contributed by atoms with van der Waals surface area (Å²) in [4.78, 5) is 28.2. The Morgan fingerprint density at radius 2 is 1.95 bits per heavy atom. The van der Waals surface area contributed by atoms with Crippen molar-refractivity contribution in [2.75, 3.05) is 25.6 Å². The number of piperazine rings is 1. The highest BCUT2D eigenvalue weighted by atomic mass is 16.2. The lowest BCUT2D eigenvalue weighted by molar-refractivity contribution is -0.144. The third kappa shape index (κ3) is 2.22. The fraction of sp³-hybridized carbons (Fsp3) is 0.429. The van der Waals surface area contributed by atoms with E-state index >= 15 is 0 Å². The maximum Gasteiger partial charge on any atom is 0.256 e. The number of nitrogens with one attached hydrogen (secondary N) is 1. The third-order valence-corrected chi connectivity index (χ3v) is 3.76. The van der Waals surface area contributed by atoms with Crippen LogP contribution in [0.15, 0.2) is 24.3 Å². The van der Waals surface area contributed by atoms with Gasteiger partial charge >= 0.3 is 0 Å². The highest BCUT2D eigenvalue weighted by Gasteiger charge is 2.43. The molecule has 2 amide bonds. The van der Waals surface area contributed by atoms with Gasteiger partial charge in [-0.05, 0) is 26.0 Å². The Labute approximate surface area is 118 Å². The quantitative estimate of drug-likeness (QED) is 0.614. The van der Waals surface area contributed by atoms with Crippen LogP contribution in [0.5, 0.6) is 0 Å². The van der Waals surface area contributed by atoms with Gasteiger partial charge in [0.25, 0.3) is 5.91 Å². The summed E-state index contributed by atoms with van der Waals surface area (Å²) in [5, 5.41) is 0. The molecular formula is C14H20N4O2. The van der Waals surface area contributed by atoms with Crippen molar-refractivity contribution in [2.24, 2.45) is 5.84 Å². The average molecular weight is 276 g/mol. The summed E-state index contributed by atoms with van der Waals surface area (Å²) in [6, 6.07) is 7.01. The minimum absolute atomic E-state index is 0.0599. The van der Waals surface area contributed by atoms with Crippen LogP contribution in [-0.2, 0) is 4.79 Å². The summed E-state index contributed by atoms with van der Waals surface area (Å²) in [6.07, 6.45) is 0. The Bertz CT molecular complexity index is 542. The van der Waals surface area contributed by atoms with Gasteiger partial charge in [-0.3, -0.25) is 15.4 Å². The van der Waals surface area contributed by atoms with Crippen molar-refractivity contribution in [3.63, 3.8) is 0 Å². The lowest BCUT2D eigenvalue weighted by Gasteiger charge is -2.44. The van der Waals surface area contributed by atoms with Crippen molar-refractivity contribution in [3.05, 3.63) is 29.8 Å². The number of hydrazine groups is 1. The molecule has 1 aliphatic heterocycles. The standard InChI is InChI=1S/C14H20N4O2/c1-14(2)13(20)17(3)8-9-18(14)12(19)10-6-4-5-7-11(10)16-15/h4-7,16H,8-9,15H2,1-3H3. The number of hydrogen-bond acceptors (Lipinski definition) is 4. The van der Waals surface area contributed by atoms with Gasteiger partial charge < -0.3 is 15.2 Å². The number of nitrogens with two attached hydrogens (primary N) is 1. The van der Waals surface area contributed by atoms with Gasteiger partial charge in [0.2, 0.25) is 5.91 Å². The monoisotopic (exact) mass is 276 g/mol. The van der Waals surface area contributed by atoms with Crippen LogP contribution in [-0.4, -0.2) is 47.3 Å². The molecule has 1 saturated heterocycles. The molecule has 1 aliphatic rings. The fourth-order valence-electron chi connectivity index (χ4n) is 2.51. The van der Waals surface area contributed by atoms with Crippen molar-refractivity contribution >= 4 is 17.5 Å². The summed E-state index contributed by atoms with van der Waals surface area (Å²) < 4.78 is 0. The number of hydrogen-bond donors (Lipinski definition) is 2. The zero-order valence-electron chi connectivity index (χ0n) is 12.0. The molecule has 0 aromatic heterocycles. The number of anilines is 1. The number of carbonyl (C=O) groups excluding carboxylic acids is 2. The summed E-state index contributed by atoms with van der Waals surface area (Å²) in [5.41, 5.74) is 2.69. The molecule has 1 fully saturated rings. The van der Waals surface area contributed by atoms with Crippen LogP contribution in [0.4, 0.5) is 5.69 Å². The van der Waals surface area contributed by atoms with Crippen LogP contribution in [0.3, 0.4) is 0 Å². The molecule has 6 nitrogen and oxygen atoms in total. The van der Waals surface area contributed by atoms with E-state index in [2.05, 4.69) is 5.43 Å². The minimum Gasteiger partial charge on any atom is -0.342 e. The molecule has 0 bridgehead atoms. The SMILES string of the molecule is CN1CCN(C(=O)c2ccccc2NN)C(C)(C)C1=O. The highest BCUT2D eigenvalue weighted by molar-refractivity contribution is 6.03. The average Bonchev–Trinajstić information content (AvgIpc) is 2.44. The predicted octanol–water partition coefficient (Wildman–Crippen LogP) is 0.665. The molecule has 0 radical (unpaired) electrons. The first-order valence-corrected chi connectivity index (χ1v) is 6.52. The Hall–Kier alpha value is -2.08. The molecule has 20 heavy (non-hydrogen) atoms. The lowest BCUT2D eigenvalue weighted by atomic mass is 9.96. The minimum atomic E-state index is -0.855. The van der Waals surface area contributed by atoms with Gasteiger partial charge in [-0.25, -0.2) is 0 Å². The second kappa shape index (κ2) is 5.13. The highest BCUT2D eigenvalue weighted by Crippen LogP contribution is 2.26. The van der Waals surface area contributed by atoms with Crippen molar-refractivity contribution in [2.45, 2.75) is 19.4 Å². The van der Waals surface area contributed by atoms with Crippen molar-refractivity contribution in [3.8, 4) is 0 Å². The summed E-state index contributed by atoms with van der Waals surface area (Å²) >= 11 is 0. The number of nitrogen functional groups attached to an aromatic ring is 1. The summed E-state index contributed by atoms with van der Waals surface area (Å²) in [5.74, 6) is 5.19. The lowest BCUT2D eigenvalue weighted by Crippen LogP contribution is -2.63. The molecule has 6 heteroatoms. The van der Waals surface area contributed by atoms with E-state index in [0.717, 1.165) is 0 Å². The molecule has 0 saturated carbocycles. The molecular weight excluding hydrogens is 256 g/mol. The van der Waals surface area contributed by atoms with Gasteiger partial charge in [-0.15, -0.1) is 0 Å². The maximum absolute atomic E-state index is 12.7. The van der Waals surface area contributed by atoms with E-state index in [0.29, 0.717) is 24.3 Å². The Balaban J connectivity index is 2.36. The number of carbonyl (C=O) groups is 2. The number of likely N-dealkylation sites (N-methyl/N-ethyl adjacent to an activating group) is 1. The van der Waals surface area contributed by atoms with Gasteiger partial charge in [-0.1, -0.05) is 12.1 Å². The summed E-state index contributed by atoms with van der Waals surface area (Å²) in [7, 11) is 1.75. The number of rotatable bonds is 2. The second-order valence-electron chi connectivity index (χ2n) is 5.43. The van der Waals surface area contributed by atoms with Crippen LogP contribution in [0, 0.1) is 0 Å². The molecule has 1 heterocycles. The van der Waals surface area contributed by atoms with Crippen LogP contribution >= 0.6 is 0 Å². The first kappa shape index (κ1) is 14.3. The molecule has 0 spiro atoms. The zero-order chi connectivity index (χ0) is 14.9. The normalized spacial score (nSPS) is 18.1. The van der Waals surface area contributed by atoms with E-state index in [1.54, 1.807) is 55.0 Å². The molecule has 0 aliphatic carbocycles. The third-order valence-electron chi connectivity index (χ3n) is 3.76. The van der Waals surface area contributed by atoms with Crippen LogP contribution in [0.25, 0.3) is 0 Å². The molecule has 3 N–H and O–H groups in total. The Morgan fingerprint density at radius 1 is 1.30 bits per heavy atom. The van der Waals surface area contributed by atoms with Gasteiger partial charge in [-0.2, -0.15) is 0 Å². The van der Waals surface area contributed by atoms with E-state index in [1.807, 2.05) is 0 Å². The van der Waals surface area contributed by atoms with Gasteiger partial charge in [0.1, 0.15) is 5.54 Å². The van der Waals surface area contributed by atoms with Gasteiger partial charge in [0.15, 0.2) is 0 Å². The van der Waals surface area contributed by atoms with Crippen LogP contribution < -0.4 is 11.3 Å². The van der Waals surface area contributed by atoms with E-state index in [4.69, 9.17) is 5.84 Å².